The van der Waals surface area contributed by atoms with Gasteiger partial charge in [0.1, 0.15) is 12.2 Å². The molecule has 0 saturated heterocycles. The fourth-order valence-corrected chi connectivity index (χ4v) is 2.27. The predicted octanol–water partition coefficient (Wildman–Crippen LogP) is 3.00. The highest BCUT2D eigenvalue weighted by Crippen LogP contribution is 2.13. The molecule has 7 nitrogen and oxygen atoms in total. The third-order valence-electron chi connectivity index (χ3n) is 3.65. The van der Waals surface area contributed by atoms with Crippen LogP contribution in [0.3, 0.4) is 0 Å². The topological polar surface area (TPSA) is 76.4 Å². The third-order valence-corrected chi connectivity index (χ3v) is 3.65. The highest BCUT2D eigenvalue weighted by molar-refractivity contribution is 14.0. The predicted molar refractivity (Wildman–Crippen MR) is 119 cm³/mol. The van der Waals surface area contributed by atoms with E-state index in [9.17, 15) is 0 Å². The van der Waals surface area contributed by atoms with E-state index < -0.39 is 0 Å². The molecule has 0 aliphatic carbocycles. The summed E-state index contributed by atoms with van der Waals surface area (Å²) >= 11 is 0. The molecule has 2 N–H and O–H groups in total. The van der Waals surface area contributed by atoms with Gasteiger partial charge < -0.3 is 15.4 Å². The molecule has 1 heterocycles. The van der Waals surface area contributed by atoms with Crippen LogP contribution in [0, 0.1) is 0 Å². The van der Waals surface area contributed by atoms with Gasteiger partial charge in [0.25, 0.3) is 0 Å². The lowest BCUT2D eigenvalue weighted by Gasteiger charge is -2.19. The summed E-state index contributed by atoms with van der Waals surface area (Å²) in [6, 6.07) is 8.35. The molecule has 1 aromatic carbocycles. The highest BCUT2D eigenvalue weighted by atomic mass is 127. The Kier molecular flexibility index (Phi) is 9.71. The van der Waals surface area contributed by atoms with Crippen LogP contribution in [0.5, 0.6) is 0 Å². The van der Waals surface area contributed by atoms with Gasteiger partial charge in [0.2, 0.25) is 0 Å². The second kappa shape index (κ2) is 11.2. The van der Waals surface area contributed by atoms with Crippen molar-refractivity contribution >= 4 is 29.9 Å². The molecule has 0 aliphatic rings. The van der Waals surface area contributed by atoms with Crippen molar-refractivity contribution in [3.63, 3.8) is 0 Å². The zero-order valence-corrected chi connectivity index (χ0v) is 19.2. The summed E-state index contributed by atoms with van der Waals surface area (Å²) in [6.07, 6.45) is 1.55. The van der Waals surface area contributed by atoms with Crippen molar-refractivity contribution in [2.75, 3.05) is 6.54 Å². The van der Waals surface area contributed by atoms with Gasteiger partial charge in [-0.25, -0.2) is 9.98 Å². The number of aromatic nitrogens is 3. The monoisotopic (exact) mass is 486 g/mol. The Morgan fingerprint density at radius 2 is 1.96 bits per heavy atom. The second-order valence-corrected chi connectivity index (χ2v) is 7.07. The van der Waals surface area contributed by atoms with Crippen molar-refractivity contribution in [1.82, 2.24) is 25.4 Å². The van der Waals surface area contributed by atoms with E-state index in [0.29, 0.717) is 19.7 Å². The first-order valence-corrected chi connectivity index (χ1v) is 8.94. The molecule has 2 rings (SSSR count). The maximum Gasteiger partial charge on any atom is 0.191 e. The number of guanidine groups is 1. The van der Waals surface area contributed by atoms with Crippen LogP contribution in [0.25, 0.3) is 0 Å². The molecular weight excluding hydrogens is 455 g/mol. The number of benzene rings is 1. The van der Waals surface area contributed by atoms with Crippen LogP contribution in [0.2, 0.25) is 0 Å². The van der Waals surface area contributed by atoms with E-state index in [1.165, 1.54) is 0 Å². The SMILES string of the molecule is CCNC(=NCc1cccc(COC(C)(C)C)c1)NCc1ncnn1C.I. The van der Waals surface area contributed by atoms with Crippen LogP contribution >= 0.6 is 24.0 Å². The number of hydrogen-bond acceptors (Lipinski definition) is 4. The molecule has 0 amide bonds. The zero-order valence-electron chi connectivity index (χ0n) is 16.8. The van der Waals surface area contributed by atoms with Crippen molar-refractivity contribution in [3.05, 3.63) is 47.5 Å². The van der Waals surface area contributed by atoms with Crippen molar-refractivity contribution in [1.29, 1.82) is 0 Å². The fourth-order valence-electron chi connectivity index (χ4n) is 2.27. The molecule has 0 spiro atoms. The first-order chi connectivity index (χ1) is 12.4. The van der Waals surface area contributed by atoms with Crippen molar-refractivity contribution in [3.8, 4) is 0 Å². The standard InChI is InChI=1S/C19H30N6O.HI/c1-6-20-18(22-12-17-23-14-24-25(17)5)21-11-15-8-7-9-16(10-15)13-26-19(2,3)4;/h7-10,14H,6,11-13H2,1-5H3,(H2,20,21,22);1H. The van der Waals surface area contributed by atoms with Crippen molar-refractivity contribution in [2.24, 2.45) is 12.0 Å². The minimum atomic E-state index is -0.143. The summed E-state index contributed by atoms with van der Waals surface area (Å²) < 4.78 is 7.60. The average molecular weight is 486 g/mol. The van der Waals surface area contributed by atoms with E-state index in [1.54, 1.807) is 11.0 Å². The van der Waals surface area contributed by atoms with Gasteiger partial charge in [-0.05, 0) is 38.8 Å². The van der Waals surface area contributed by atoms with Gasteiger partial charge in [0, 0.05) is 13.6 Å². The molecule has 0 saturated carbocycles. The quantitative estimate of drug-likeness (QED) is 0.358. The number of hydrogen-bond donors (Lipinski definition) is 2. The lowest BCUT2D eigenvalue weighted by Crippen LogP contribution is -2.37. The molecule has 0 aliphatic heterocycles. The number of aryl methyl sites for hydroxylation is 1. The number of ether oxygens (including phenoxy) is 1. The molecule has 150 valence electrons. The van der Waals surface area contributed by atoms with Gasteiger partial charge in [-0.15, -0.1) is 24.0 Å². The molecular formula is C19H31IN6O. The smallest absolute Gasteiger partial charge is 0.191 e. The minimum absolute atomic E-state index is 0. The van der Waals surface area contributed by atoms with E-state index in [2.05, 4.69) is 64.7 Å². The van der Waals surface area contributed by atoms with E-state index in [1.807, 2.05) is 20.0 Å². The Labute approximate surface area is 179 Å². The van der Waals surface area contributed by atoms with Crippen LogP contribution in [0.15, 0.2) is 35.6 Å². The largest absolute Gasteiger partial charge is 0.371 e. The molecule has 0 radical (unpaired) electrons. The summed E-state index contributed by atoms with van der Waals surface area (Å²) in [5.41, 5.74) is 2.16. The number of aliphatic imine (C=N–C) groups is 1. The molecule has 0 bridgehead atoms. The normalized spacial score (nSPS) is 11.8. The first-order valence-electron chi connectivity index (χ1n) is 8.94. The van der Waals surface area contributed by atoms with E-state index in [0.717, 1.165) is 29.5 Å². The average Bonchev–Trinajstić information content (AvgIpc) is 3.00. The molecule has 8 heteroatoms. The van der Waals surface area contributed by atoms with E-state index in [4.69, 9.17) is 4.74 Å². The first kappa shape index (κ1) is 23.4. The van der Waals surface area contributed by atoms with Crippen LogP contribution in [0.4, 0.5) is 0 Å². The Morgan fingerprint density at radius 1 is 1.22 bits per heavy atom. The number of rotatable bonds is 7. The van der Waals surface area contributed by atoms with Crippen LogP contribution in [-0.4, -0.2) is 32.9 Å². The van der Waals surface area contributed by atoms with E-state index in [-0.39, 0.29) is 29.6 Å². The van der Waals surface area contributed by atoms with Crippen molar-refractivity contribution in [2.45, 2.75) is 53.0 Å². The van der Waals surface area contributed by atoms with Gasteiger partial charge in [-0.2, -0.15) is 5.10 Å². The van der Waals surface area contributed by atoms with Crippen molar-refractivity contribution < 1.29 is 4.74 Å². The zero-order chi connectivity index (χ0) is 19.0. The van der Waals surface area contributed by atoms with Crippen LogP contribution in [0.1, 0.15) is 44.6 Å². The fraction of sp³-hybridized carbons (Fsp3) is 0.526. The summed E-state index contributed by atoms with van der Waals surface area (Å²) in [5.74, 6) is 1.61. The Bertz CT molecular complexity index is 723. The maximum absolute atomic E-state index is 5.85. The molecule has 1 aromatic heterocycles. The lowest BCUT2D eigenvalue weighted by atomic mass is 10.1. The molecule has 0 unspecified atom stereocenters. The van der Waals surface area contributed by atoms with Gasteiger partial charge in [-0.3, -0.25) is 4.68 Å². The number of halogens is 1. The molecule has 0 atom stereocenters. The maximum atomic E-state index is 5.85. The summed E-state index contributed by atoms with van der Waals surface area (Å²) in [7, 11) is 1.87. The summed E-state index contributed by atoms with van der Waals surface area (Å²) in [5, 5.41) is 10.6. The van der Waals surface area contributed by atoms with Crippen LogP contribution in [-0.2, 0) is 31.5 Å². The summed E-state index contributed by atoms with van der Waals surface area (Å²) in [4.78, 5) is 8.87. The van der Waals surface area contributed by atoms with E-state index >= 15 is 0 Å². The van der Waals surface area contributed by atoms with Gasteiger partial charge >= 0.3 is 0 Å². The van der Waals surface area contributed by atoms with Gasteiger partial charge in [0.15, 0.2) is 5.96 Å². The van der Waals surface area contributed by atoms with Gasteiger partial charge in [0.05, 0.1) is 25.3 Å². The Morgan fingerprint density at radius 3 is 2.59 bits per heavy atom. The number of nitrogens with one attached hydrogen (secondary N) is 2. The third kappa shape index (κ3) is 8.70. The van der Waals surface area contributed by atoms with Crippen LogP contribution < -0.4 is 10.6 Å². The lowest BCUT2D eigenvalue weighted by molar-refractivity contribution is -0.0149. The highest BCUT2D eigenvalue weighted by Gasteiger charge is 2.10. The Balaban J connectivity index is 0.00000364. The number of nitrogens with zero attached hydrogens (tertiary/aromatic N) is 4. The minimum Gasteiger partial charge on any atom is -0.371 e. The molecule has 27 heavy (non-hydrogen) atoms. The summed E-state index contributed by atoms with van der Waals surface area (Å²) in [6.45, 7) is 10.8. The molecule has 2 aromatic rings. The second-order valence-electron chi connectivity index (χ2n) is 7.07. The van der Waals surface area contributed by atoms with Gasteiger partial charge in [-0.1, -0.05) is 24.3 Å². The Hall–Kier alpha value is -1.68. The molecule has 0 fully saturated rings.